The zero-order chi connectivity index (χ0) is 15.2. The minimum atomic E-state index is -0.359. The summed E-state index contributed by atoms with van der Waals surface area (Å²) in [5, 5.41) is 2.77. The largest absolute Gasteiger partial charge is 0.329 e. The number of carbonyl (C=O) groups excluding carboxylic acids is 1. The van der Waals surface area contributed by atoms with Crippen molar-refractivity contribution in [3.05, 3.63) is 63.6 Å². The monoisotopic (exact) mass is 281 g/mol. The number of anilines is 1. The van der Waals surface area contributed by atoms with Crippen LogP contribution in [0.25, 0.3) is 0 Å². The van der Waals surface area contributed by atoms with Crippen molar-refractivity contribution in [2.75, 3.05) is 11.9 Å². The van der Waals surface area contributed by atoms with E-state index in [1.165, 1.54) is 18.3 Å². The standard InChI is InChI=1S/C16H15N3O2/c1-11-4-5-12(3-2-7-17)14(9-11)19-16(21)13-6-8-18-15(20)10-13/h4-6,8-10H,7,17H2,1H3,(H,18,20)(H,19,21). The molecule has 4 N–H and O–H groups in total. The third-order valence-electron chi connectivity index (χ3n) is 2.79. The van der Waals surface area contributed by atoms with E-state index in [9.17, 15) is 9.59 Å². The van der Waals surface area contributed by atoms with Crippen molar-refractivity contribution in [3.63, 3.8) is 0 Å². The predicted molar refractivity (Wildman–Crippen MR) is 82.1 cm³/mol. The molecule has 5 heteroatoms. The third kappa shape index (κ3) is 3.81. The van der Waals surface area contributed by atoms with Gasteiger partial charge >= 0.3 is 0 Å². The van der Waals surface area contributed by atoms with Crippen LogP contribution in [-0.2, 0) is 0 Å². The van der Waals surface area contributed by atoms with E-state index in [4.69, 9.17) is 5.73 Å². The molecule has 1 aromatic carbocycles. The van der Waals surface area contributed by atoms with Crippen LogP contribution < -0.4 is 16.6 Å². The first kappa shape index (κ1) is 14.6. The maximum absolute atomic E-state index is 12.2. The summed E-state index contributed by atoms with van der Waals surface area (Å²) in [6.45, 7) is 2.17. The number of nitrogens with one attached hydrogen (secondary N) is 2. The molecule has 0 aliphatic carbocycles. The number of rotatable bonds is 2. The number of aromatic amines is 1. The molecule has 0 unspecified atom stereocenters. The van der Waals surface area contributed by atoms with Gasteiger partial charge in [0.2, 0.25) is 5.56 Å². The lowest BCUT2D eigenvalue weighted by molar-refractivity contribution is 0.102. The predicted octanol–water partition coefficient (Wildman–Crippen LogP) is 1.25. The van der Waals surface area contributed by atoms with Gasteiger partial charge in [-0.15, -0.1) is 0 Å². The Morgan fingerprint density at radius 1 is 1.33 bits per heavy atom. The molecule has 0 aliphatic heterocycles. The van der Waals surface area contributed by atoms with E-state index in [0.29, 0.717) is 11.3 Å². The summed E-state index contributed by atoms with van der Waals surface area (Å²) in [4.78, 5) is 25.9. The normalized spacial score (nSPS) is 9.62. The van der Waals surface area contributed by atoms with Crippen molar-refractivity contribution >= 4 is 11.6 Å². The summed E-state index contributed by atoms with van der Waals surface area (Å²) in [6.07, 6.45) is 1.43. The van der Waals surface area contributed by atoms with Crippen LogP contribution in [0.5, 0.6) is 0 Å². The summed E-state index contributed by atoms with van der Waals surface area (Å²) in [5.74, 6) is 5.31. The smallest absolute Gasteiger partial charge is 0.255 e. The van der Waals surface area contributed by atoms with Crippen LogP contribution in [0.15, 0.2) is 41.3 Å². The summed E-state index contributed by atoms with van der Waals surface area (Å²) in [6, 6.07) is 8.34. The molecule has 2 aromatic rings. The Kier molecular flexibility index (Phi) is 4.54. The molecule has 0 radical (unpaired) electrons. The summed E-state index contributed by atoms with van der Waals surface area (Å²) >= 11 is 0. The number of amides is 1. The molecule has 1 aromatic heterocycles. The average Bonchev–Trinajstić information content (AvgIpc) is 2.46. The molecule has 5 nitrogen and oxygen atoms in total. The molecule has 2 rings (SSSR count). The number of hydrogen-bond donors (Lipinski definition) is 3. The number of benzene rings is 1. The lowest BCUT2D eigenvalue weighted by atomic mass is 10.1. The Hall–Kier alpha value is -2.84. The van der Waals surface area contributed by atoms with Crippen molar-refractivity contribution in [3.8, 4) is 11.8 Å². The van der Waals surface area contributed by atoms with Gasteiger partial charge in [-0.25, -0.2) is 0 Å². The van der Waals surface area contributed by atoms with E-state index in [2.05, 4.69) is 22.1 Å². The van der Waals surface area contributed by atoms with Gasteiger partial charge in [-0.1, -0.05) is 17.9 Å². The number of hydrogen-bond acceptors (Lipinski definition) is 3. The zero-order valence-corrected chi connectivity index (χ0v) is 11.6. The minimum absolute atomic E-state index is 0.245. The van der Waals surface area contributed by atoms with Crippen molar-refractivity contribution < 1.29 is 4.79 Å². The Bertz CT molecular complexity index is 782. The van der Waals surface area contributed by atoms with Crippen molar-refractivity contribution in [2.24, 2.45) is 5.73 Å². The maximum Gasteiger partial charge on any atom is 0.255 e. The van der Waals surface area contributed by atoms with E-state index < -0.39 is 0 Å². The van der Waals surface area contributed by atoms with Crippen LogP contribution in [0, 0.1) is 18.8 Å². The molecule has 0 saturated heterocycles. The number of aromatic nitrogens is 1. The second kappa shape index (κ2) is 6.55. The molecular weight excluding hydrogens is 266 g/mol. The maximum atomic E-state index is 12.2. The minimum Gasteiger partial charge on any atom is -0.329 e. The van der Waals surface area contributed by atoms with Gasteiger partial charge in [0, 0.05) is 23.4 Å². The number of pyridine rings is 1. The zero-order valence-electron chi connectivity index (χ0n) is 11.6. The molecule has 1 heterocycles. The van der Waals surface area contributed by atoms with Crippen LogP contribution in [0.3, 0.4) is 0 Å². The fourth-order valence-electron chi connectivity index (χ4n) is 1.80. The number of carbonyl (C=O) groups is 1. The van der Waals surface area contributed by atoms with E-state index in [1.54, 1.807) is 0 Å². The van der Waals surface area contributed by atoms with Crippen LogP contribution in [0.1, 0.15) is 21.5 Å². The van der Waals surface area contributed by atoms with Gasteiger partial charge in [0.25, 0.3) is 5.91 Å². The topological polar surface area (TPSA) is 88.0 Å². The number of nitrogens with two attached hydrogens (primary N) is 1. The summed E-state index contributed by atoms with van der Waals surface area (Å²) in [7, 11) is 0. The van der Waals surface area contributed by atoms with Gasteiger partial charge in [-0.05, 0) is 30.7 Å². The van der Waals surface area contributed by atoms with E-state index in [0.717, 1.165) is 5.56 Å². The molecule has 1 amide bonds. The SMILES string of the molecule is Cc1ccc(C#CCN)c(NC(=O)c2cc[nH]c(=O)c2)c1. The Morgan fingerprint density at radius 2 is 2.14 bits per heavy atom. The lowest BCUT2D eigenvalue weighted by Gasteiger charge is -2.08. The first-order valence-electron chi connectivity index (χ1n) is 6.40. The number of aryl methyl sites for hydroxylation is 1. The highest BCUT2D eigenvalue weighted by molar-refractivity contribution is 6.04. The van der Waals surface area contributed by atoms with Crippen molar-refractivity contribution in [1.29, 1.82) is 0 Å². The highest BCUT2D eigenvalue weighted by atomic mass is 16.2. The Morgan fingerprint density at radius 3 is 2.86 bits per heavy atom. The van der Waals surface area contributed by atoms with Gasteiger partial charge < -0.3 is 16.0 Å². The second-order valence-corrected chi connectivity index (χ2v) is 4.45. The molecule has 0 spiro atoms. The Labute approximate surface area is 122 Å². The summed E-state index contributed by atoms with van der Waals surface area (Å²) < 4.78 is 0. The highest BCUT2D eigenvalue weighted by Crippen LogP contribution is 2.17. The van der Waals surface area contributed by atoms with Crippen LogP contribution >= 0.6 is 0 Å². The molecule has 0 atom stereocenters. The van der Waals surface area contributed by atoms with Crippen LogP contribution in [0.4, 0.5) is 5.69 Å². The van der Waals surface area contributed by atoms with Gasteiger partial charge in [-0.2, -0.15) is 0 Å². The quantitative estimate of drug-likeness (QED) is 0.724. The van der Waals surface area contributed by atoms with Gasteiger partial charge in [0.05, 0.1) is 12.2 Å². The first-order valence-corrected chi connectivity index (χ1v) is 6.40. The van der Waals surface area contributed by atoms with Crippen molar-refractivity contribution in [2.45, 2.75) is 6.92 Å². The second-order valence-electron chi connectivity index (χ2n) is 4.45. The molecular formula is C16H15N3O2. The molecule has 106 valence electrons. The van der Waals surface area contributed by atoms with Crippen LogP contribution in [-0.4, -0.2) is 17.4 Å². The van der Waals surface area contributed by atoms with E-state index >= 15 is 0 Å². The highest BCUT2D eigenvalue weighted by Gasteiger charge is 2.09. The van der Waals surface area contributed by atoms with Gasteiger partial charge in [-0.3, -0.25) is 9.59 Å². The fourth-order valence-corrected chi connectivity index (χ4v) is 1.80. The third-order valence-corrected chi connectivity index (χ3v) is 2.79. The van der Waals surface area contributed by atoms with E-state index in [-0.39, 0.29) is 23.6 Å². The fraction of sp³-hybridized carbons (Fsp3) is 0.125. The van der Waals surface area contributed by atoms with E-state index in [1.807, 2.05) is 25.1 Å². The van der Waals surface area contributed by atoms with Gasteiger partial charge in [0.1, 0.15) is 0 Å². The number of H-pyrrole nitrogens is 1. The molecule has 0 aliphatic rings. The average molecular weight is 281 g/mol. The molecule has 0 fully saturated rings. The van der Waals surface area contributed by atoms with Crippen LogP contribution in [0.2, 0.25) is 0 Å². The summed E-state index contributed by atoms with van der Waals surface area (Å²) in [5.41, 5.74) is 7.61. The molecule has 0 bridgehead atoms. The first-order chi connectivity index (χ1) is 10.1. The lowest BCUT2D eigenvalue weighted by Crippen LogP contribution is -2.16. The Balaban J connectivity index is 2.32. The van der Waals surface area contributed by atoms with Crippen molar-refractivity contribution in [1.82, 2.24) is 4.98 Å². The van der Waals surface area contributed by atoms with Gasteiger partial charge in [0.15, 0.2) is 0 Å². The molecule has 21 heavy (non-hydrogen) atoms. The molecule has 0 saturated carbocycles.